The Labute approximate surface area is 200 Å². The fourth-order valence-corrected chi connectivity index (χ4v) is 4.65. The van der Waals surface area contributed by atoms with Gasteiger partial charge in [-0.1, -0.05) is 42.5 Å². The highest BCUT2D eigenvalue weighted by atomic mass is 32.2. The molecule has 0 bridgehead atoms. The minimum Gasteiger partial charge on any atom is -0.363 e. The van der Waals surface area contributed by atoms with Gasteiger partial charge in [0, 0.05) is 17.6 Å². The lowest BCUT2D eigenvalue weighted by molar-refractivity contribution is -0.128. The molecule has 0 heterocycles. The van der Waals surface area contributed by atoms with E-state index in [1.165, 1.54) is 36.4 Å². The molecule has 3 aromatic carbocycles. The molecule has 0 aliphatic heterocycles. The van der Waals surface area contributed by atoms with E-state index in [4.69, 9.17) is 4.74 Å². The predicted octanol–water partition coefficient (Wildman–Crippen LogP) is 4.67. The molecule has 0 saturated heterocycles. The van der Waals surface area contributed by atoms with Gasteiger partial charge in [-0.2, -0.15) is 0 Å². The number of ether oxygens (including phenoxy) is 1. The first kappa shape index (κ1) is 25.6. The summed E-state index contributed by atoms with van der Waals surface area (Å²) >= 11 is 0. The summed E-state index contributed by atoms with van der Waals surface area (Å²) < 4.78 is 46.7. The Morgan fingerprint density at radius 2 is 1.53 bits per heavy atom. The van der Waals surface area contributed by atoms with Crippen molar-refractivity contribution in [3.05, 3.63) is 95.8 Å². The summed E-state index contributed by atoms with van der Waals surface area (Å²) in [6, 6.07) is 21.3. The minimum absolute atomic E-state index is 0.105. The molecule has 2 N–H and O–H groups in total. The van der Waals surface area contributed by atoms with E-state index in [0.717, 1.165) is 11.1 Å². The second-order valence-electron chi connectivity index (χ2n) is 8.98. The minimum atomic E-state index is -3.68. The Balaban J connectivity index is 1.71. The number of hydrogen-bond acceptors (Lipinski definition) is 4. The van der Waals surface area contributed by atoms with Crippen molar-refractivity contribution < 1.29 is 22.3 Å². The Hall–Kier alpha value is -3.07. The fraction of sp³-hybridized carbons (Fsp3) is 0.269. The van der Waals surface area contributed by atoms with Gasteiger partial charge in [-0.05, 0) is 68.3 Å². The summed E-state index contributed by atoms with van der Waals surface area (Å²) in [7, 11) is -3.68. The van der Waals surface area contributed by atoms with E-state index in [1.807, 2.05) is 30.3 Å². The Bertz CT molecular complexity index is 1190. The second kappa shape index (κ2) is 10.9. The average Bonchev–Trinajstić information content (AvgIpc) is 2.77. The molecule has 34 heavy (non-hydrogen) atoms. The molecular weight excluding hydrogens is 455 g/mol. The van der Waals surface area contributed by atoms with Crippen LogP contribution in [0.25, 0.3) is 0 Å². The van der Waals surface area contributed by atoms with Crippen LogP contribution in [0.2, 0.25) is 0 Å². The van der Waals surface area contributed by atoms with Crippen LogP contribution in [0.3, 0.4) is 0 Å². The van der Waals surface area contributed by atoms with Gasteiger partial charge in [-0.15, -0.1) is 0 Å². The topological polar surface area (TPSA) is 84.5 Å². The Kier molecular flexibility index (Phi) is 8.19. The third-order valence-electron chi connectivity index (χ3n) is 4.79. The van der Waals surface area contributed by atoms with Gasteiger partial charge in [-0.3, -0.25) is 4.79 Å². The van der Waals surface area contributed by atoms with E-state index in [-0.39, 0.29) is 23.2 Å². The van der Waals surface area contributed by atoms with Gasteiger partial charge in [0.05, 0.1) is 11.5 Å². The van der Waals surface area contributed by atoms with Crippen molar-refractivity contribution in [1.82, 2.24) is 4.72 Å². The molecule has 0 radical (unpaired) electrons. The number of nitrogens with one attached hydrogen (secondary N) is 2. The van der Waals surface area contributed by atoms with Gasteiger partial charge in [-0.25, -0.2) is 17.5 Å². The average molecular weight is 485 g/mol. The largest absolute Gasteiger partial charge is 0.363 e. The smallest absolute Gasteiger partial charge is 0.253 e. The van der Waals surface area contributed by atoms with Crippen LogP contribution >= 0.6 is 0 Å². The summed E-state index contributed by atoms with van der Waals surface area (Å²) in [5.74, 6) is -0.708. The molecule has 3 rings (SSSR count). The van der Waals surface area contributed by atoms with Crippen molar-refractivity contribution in [1.29, 1.82) is 0 Å². The maximum absolute atomic E-state index is 13.2. The molecule has 0 spiro atoms. The molecule has 3 aromatic rings. The van der Waals surface area contributed by atoms with Crippen LogP contribution < -0.4 is 10.0 Å². The Morgan fingerprint density at radius 1 is 0.912 bits per heavy atom. The number of sulfonamides is 1. The number of benzene rings is 3. The van der Waals surface area contributed by atoms with E-state index in [2.05, 4.69) is 10.0 Å². The van der Waals surface area contributed by atoms with E-state index in [9.17, 15) is 17.6 Å². The number of rotatable bonds is 9. The first-order valence-corrected chi connectivity index (χ1v) is 12.3. The molecule has 0 aromatic heterocycles. The lowest BCUT2D eigenvalue weighted by Gasteiger charge is -2.20. The van der Waals surface area contributed by atoms with E-state index in [1.54, 1.807) is 32.9 Å². The van der Waals surface area contributed by atoms with E-state index < -0.39 is 21.7 Å². The monoisotopic (exact) mass is 484 g/mol. The third-order valence-corrected chi connectivity index (χ3v) is 6.57. The predicted molar refractivity (Wildman–Crippen MR) is 130 cm³/mol. The zero-order valence-electron chi connectivity index (χ0n) is 19.4. The zero-order chi connectivity index (χ0) is 24.8. The number of amides is 1. The Morgan fingerprint density at radius 3 is 2.12 bits per heavy atom. The zero-order valence-corrected chi connectivity index (χ0v) is 20.2. The lowest BCUT2D eigenvalue weighted by atomic mass is 10.1. The van der Waals surface area contributed by atoms with Crippen LogP contribution in [0, 0.1) is 5.82 Å². The second-order valence-corrected chi connectivity index (χ2v) is 10.7. The van der Waals surface area contributed by atoms with Crippen molar-refractivity contribution in [3.63, 3.8) is 0 Å². The van der Waals surface area contributed by atoms with Gasteiger partial charge < -0.3 is 10.1 Å². The van der Waals surface area contributed by atoms with Crippen molar-refractivity contribution in [3.8, 4) is 0 Å². The number of carbonyl (C=O) groups excluding carboxylic acids is 1. The molecule has 0 saturated carbocycles. The van der Waals surface area contributed by atoms with Gasteiger partial charge in [0.15, 0.2) is 0 Å². The van der Waals surface area contributed by atoms with E-state index in [0.29, 0.717) is 12.1 Å². The van der Waals surface area contributed by atoms with Crippen molar-refractivity contribution in [2.45, 2.75) is 50.3 Å². The van der Waals surface area contributed by atoms with Gasteiger partial charge in [0.2, 0.25) is 10.0 Å². The van der Waals surface area contributed by atoms with Crippen LogP contribution in [-0.4, -0.2) is 26.0 Å². The van der Waals surface area contributed by atoms with Crippen LogP contribution in [0.15, 0.2) is 83.8 Å². The molecule has 6 nitrogen and oxygen atoms in total. The highest BCUT2D eigenvalue weighted by Gasteiger charge is 2.23. The molecule has 0 unspecified atom stereocenters. The number of anilines is 1. The first-order chi connectivity index (χ1) is 16.0. The van der Waals surface area contributed by atoms with E-state index >= 15 is 0 Å². The highest BCUT2D eigenvalue weighted by molar-refractivity contribution is 7.89. The summed E-state index contributed by atoms with van der Waals surface area (Å²) in [5, 5.41) is 2.80. The maximum Gasteiger partial charge on any atom is 0.253 e. The van der Waals surface area contributed by atoms with Crippen molar-refractivity contribution >= 4 is 21.6 Å². The first-order valence-electron chi connectivity index (χ1n) is 10.9. The molecule has 180 valence electrons. The van der Waals surface area contributed by atoms with Crippen LogP contribution in [0.1, 0.15) is 31.9 Å². The van der Waals surface area contributed by atoms with Crippen LogP contribution in [0.4, 0.5) is 10.1 Å². The standard InChI is InChI=1S/C26H29FN2O4S/c1-26(2,3)29-34(31,32)23-15-13-22(14-16-23)28-25(30)24(17-19-7-5-4-6-8-19)33-18-20-9-11-21(27)12-10-20/h4-16,24,29H,17-18H2,1-3H3,(H,28,30)/t24-/m0/s1. The third kappa shape index (κ3) is 7.76. The number of halogens is 1. The van der Waals surface area contributed by atoms with Gasteiger partial charge in [0.1, 0.15) is 11.9 Å². The summed E-state index contributed by atoms with van der Waals surface area (Å²) in [4.78, 5) is 13.1. The number of hydrogen-bond donors (Lipinski definition) is 2. The molecule has 8 heteroatoms. The highest BCUT2D eigenvalue weighted by Crippen LogP contribution is 2.18. The number of carbonyl (C=O) groups is 1. The molecule has 1 amide bonds. The summed E-state index contributed by atoms with van der Waals surface area (Å²) in [5.41, 5.74) is 1.51. The molecule has 0 aliphatic carbocycles. The van der Waals surface area contributed by atoms with Crippen molar-refractivity contribution in [2.75, 3.05) is 5.32 Å². The maximum atomic E-state index is 13.2. The molecule has 1 atom stereocenters. The fourth-order valence-electron chi connectivity index (χ4n) is 3.24. The lowest BCUT2D eigenvalue weighted by Crippen LogP contribution is -2.40. The molecular formula is C26H29FN2O4S. The molecule has 0 fully saturated rings. The van der Waals surface area contributed by atoms with Gasteiger partial charge >= 0.3 is 0 Å². The SMILES string of the molecule is CC(C)(C)NS(=O)(=O)c1ccc(NC(=O)[C@H](Cc2ccccc2)OCc2ccc(F)cc2)cc1. The van der Waals surface area contributed by atoms with Gasteiger partial charge in [0.25, 0.3) is 5.91 Å². The quantitative estimate of drug-likeness (QED) is 0.462. The summed E-state index contributed by atoms with van der Waals surface area (Å²) in [6.45, 7) is 5.43. The summed E-state index contributed by atoms with van der Waals surface area (Å²) in [6.07, 6.45) is -0.464. The molecule has 0 aliphatic rings. The van der Waals surface area contributed by atoms with Crippen LogP contribution in [0.5, 0.6) is 0 Å². The normalized spacial score (nSPS) is 12.8. The van der Waals surface area contributed by atoms with Crippen LogP contribution in [-0.2, 0) is 32.6 Å². The van der Waals surface area contributed by atoms with Crippen molar-refractivity contribution in [2.24, 2.45) is 0 Å².